The van der Waals surface area contributed by atoms with Crippen LogP contribution in [0.4, 0.5) is 5.69 Å². The maximum absolute atomic E-state index is 12.1. The van der Waals surface area contributed by atoms with Gasteiger partial charge in [0.05, 0.1) is 6.54 Å². The summed E-state index contributed by atoms with van der Waals surface area (Å²) >= 11 is 0. The Morgan fingerprint density at radius 3 is 2.84 bits per heavy atom. The Morgan fingerprint density at radius 2 is 2.26 bits per heavy atom. The van der Waals surface area contributed by atoms with Crippen LogP contribution in [0, 0.1) is 6.92 Å². The van der Waals surface area contributed by atoms with Crippen LogP contribution in [0.2, 0.25) is 0 Å². The number of amides is 1. The van der Waals surface area contributed by atoms with E-state index in [2.05, 4.69) is 22.5 Å². The second-order valence-electron chi connectivity index (χ2n) is 5.20. The molecule has 1 aromatic carbocycles. The molecule has 19 heavy (non-hydrogen) atoms. The molecule has 0 saturated carbocycles. The van der Waals surface area contributed by atoms with Crippen molar-refractivity contribution in [1.29, 1.82) is 0 Å². The topological polar surface area (TPSA) is 44.4 Å². The molecular weight excluding hydrogens is 238 g/mol. The van der Waals surface area contributed by atoms with Gasteiger partial charge in [0.15, 0.2) is 0 Å². The summed E-state index contributed by atoms with van der Waals surface area (Å²) in [5.74, 6) is 0.0750. The van der Waals surface area contributed by atoms with Gasteiger partial charge in [0.2, 0.25) is 5.91 Å². The predicted molar refractivity (Wildman–Crippen MR) is 78.3 cm³/mol. The van der Waals surface area contributed by atoms with Gasteiger partial charge in [-0.3, -0.25) is 9.69 Å². The maximum Gasteiger partial charge on any atom is 0.238 e. The first-order chi connectivity index (χ1) is 9.19. The largest absolute Gasteiger partial charge is 0.325 e. The van der Waals surface area contributed by atoms with E-state index in [-0.39, 0.29) is 5.91 Å². The number of carbonyl (C=O) groups is 1. The summed E-state index contributed by atoms with van der Waals surface area (Å²) in [5, 5.41) is 6.23. The predicted octanol–water partition coefficient (Wildman–Crippen LogP) is 1.62. The van der Waals surface area contributed by atoms with Gasteiger partial charge in [0.25, 0.3) is 0 Å². The summed E-state index contributed by atoms with van der Waals surface area (Å²) in [6.07, 6.45) is 1.08. The molecule has 4 nitrogen and oxygen atoms in total. The van der Waals surface area contributed by atoms with Gasteiger partial charge in [-0.15, -0.1) is 0 Å². The molecule has 2 rings (SSSR count). The Bertz CT molecular complexity index is 429. The Kier molecular flexibility index (Phi) is 4.93. The SMILES string of the molecule is CCCN(CC(=O)Nc1cccc(C)c1)C1CNC1. The number of nitrogens with one attached hydrogen (secondary N) is 2. The highest BCUT2D eigenvalue weighted by Crippen LogP contribution is 2.11. The van der Waals surface area contributed by atoms with E-state index in [1.165, 1.54) is 0 Å². The second kappa shape index (κ2) is 6.68. The zero-order valence-electron chi connectivity index (χ0n) is 11.8. The van der Waals surface area contributed by atoms with Crippen molar-refractivity contribution in [2.75, 3.05) is 31.5 Å². The van der Waals surface area contributed by atoms with E-state index in [1.54, 1.807) is 0 Å². The number of benzene rings is 1. The van der Waals surface area contributed by atoms with E-state index in [9.17, 15) is 4.79 Å². The summed E-state index contributed by atoms with van der Waals surface area (Å²) in [4.78, 5) is 14.3. The molecule has 0 aliphatic carbocycles. The lowest BCUT2D eigenvalue weighted by Gasteiger charge is -2.37. The van der Waals surface area contributed by atoms with Gasteiger partial charge < -0.3 is 10.6 Å². The second-order valence-corrected chi connectivity index (χ2v) is 5.20. The number of rotatable bonds is 6. The summed E-state index contributed by atoms with van der Waals surface area (Å²) in [7, 11) is 0. The van der Waals surface area contributed by atoms with E-state index in [1.807, 2.05) is 31.2 Å². The van der Waals surface area contributed by atoms with Crippen LogP contribution in [0.25, 0.3) is 0 Å². The van der Waals surface area contributed by atoms with Crippen molar-refractivity contribution in [3.8, 4) is 0 Å². The summed E-state index contributed by atoms with van der Waals surface area (Å²) in [5.41, 5.74) is 2.04. The van der Waals surface area contributed by atoms with Crippen molar-refractivity contribution in [1.82, 2.24) is 10.2 Å². The fraction of sp³-hybridized carbons (Fsp3) is 0.533. The van der Waals surface area contributed by atoms with E-state index < -0.39 is 0 Å². The Hall–Kier alpha value is -1.39. The van der Waals surface area contributed by atoms with Crippen LogP contribution in [0.15, 0.2) is 24.3 Å². The number of carbonyl (C=O) groups excluding carboxylic acids is 1. The monoisotopic (exact) mass is 261 g/mol. The average Bonchev–Trinajstić information content (AvgIpc) is 2.26. The first-order valence-corrected chi connectivity index (χ1v) is 7.00. The standard InChI is InChI=1S/C15H23N3O/c1-3-7-18(14-9-16-10-14)11-15(19)17-13-6-4-5-12(2)8-13/h4-6,8,14,16H,3,7,9-11H2,1-2H3,(H,17,19). The fourth-order valence-corrected chi connectivity index (χ4v) is 2.32. The third-order valence-electron chi connectivity index (χ3n) is 3.44. The Labute approximate surface area is 115 Å². The molecule has 1 saturated heterocycles. The number of hydrogen-bond acceptors (Lipinski definition) is 3. The third kappa shape index (κ3) is 4.04. The highest BCUT2D eigenvalue weighted by atomic mass is 16.2. The van der Waals surface area contributed by atoms with E-state index in [0.29, 0.717) is 12.6 Å². The zero-order chi connectivity index (χ0) is 13.7. The summed E-state index contributed by atoms with van der Waals surface area (Å²) in [6, 6.07) is 8.43. The van der Waals surface area contributed by atoms with Gasteiger partial charge in [-0.25, -0.2) is 0 Å². The molecule has 2 N–H and O–H groups in total. The van der Waals surface area contributed by atoms with Gasteiger partial charge in [0.1, 0.15) is 0 Å². The Balaban J connectivity index is 1.88. The van der Waals surface area contributed by atoms with Crippen molar-refractivity contribution in [3.05, 3.63) is 29.8 Å². The highest BCUT2D eigenvalue weighted by molar-refractivity contribution is 5.92. The quantitative estimate of drug-likeness (QED) is 0.818. The molecule has 0 bridgehead atoms. The normalized spacial score (nSPS) is 15.3. The van der Waals surface area contributed by atoms with Gasteiger partial charge in [-0.2, -0.15) is 0 Å². The number of aryl methyl sites for hydroxylation is 1. The van der Waals surface area contributed by atoms with Gasteiger partial charge in [-0.05, 0) is 37.6 Å². The molecule has 0 atom stereocenters. The van der Waals surface area contributed by atoms with Gasteiger partial charge in [0, 0.05) is 24.8 Å². The van der Waals surface area contributed by atoms with Crippen molar-refractivity contribution in [3.63, 3.8) is 0 Å². The van der Waals surface area contributed by atoms with E-state index in [4.69, 9.17) is 0 Å². The molecule has 1 amide bonds. The maximum atomic E-state index is 12.1. The lowest BCUT2D eigenvalue weighted by molar-refractivity contribution is -0.118. The molecule has 1 aliphatic heterocycles. The molecule has 1 heterocycles. The zero-order valence-corrected chi connectivity index (χ0v) is 11.8. The molecule has 0 unspecified atom stereocenters. The van der Waals surface area contributed by atoms with Crippen LogP contribution in [-0.4, -0.2) is 43.0 Å². The van der Waals surface area contributed by atoms with Crippen molar-refractivity contribution < 1.29 is 4.79 Å². The molecule has 0 aromatic heterocycles. The van der Waals surface area contributed by atoms with Crippen LogP contribution in [0.3, 0.4) is 0 Å². The molecule has 1 fully saturated rings. The first kappa shape index (κ1) is 14.0. The van der Waals surface area contributed by atoms with E-state index >= 15 is 0 Å². The summed E-state index contributed by atoms with van der Waals surface area (Å²) < 4.78 is 0. The van der Waals surface area contributed by atoms with Crippen LogP contribution in [-0.2, 0) is 4.79 Å². The smallest absolute Gasteiger partial charge is 0.238 e. The molecule has 0 radical (unpaired) electrons. The minimum Gasteiger partial charge on any atom is -0.325 e. The summed E-state index contributed by atoms with van der Waals surface area (Å²) in [6.45, 7) is 7.63. The third-order valence-corrected chi connectivity index (χ3v) is 3.44. The highest BCUT2D eigenvalue weighted by Gasteiger charge is 2.25. The van der Waals surface area contributed by atoms with Gasteiger partial charge >= 0.3 is 0 Å². The van der Waals surface area contributed by atoms with Crippen LogP contribution in [0.1, 0.15) is 18.9 Å². The number of hydrogen-bond donors (Lipinski definition) is 2. The minimum atomic E-state index is 0.0750. The molecule has 4 heteroatoms. The Morgan fingerprint density at radius 1 is 1.47 bits per heavy atom. The average molecular weight is 261 g/mol. The first-order valence-electron chi connectivity index (χ1n) is 7.00. The minimum absolute atomic E-state index is 0.0750. The van der Waals surface area contributed by atoms with Crippen LogP contribution < -0.4 is 10.6 Å². The molecule has 1 aliphatic rings. The lowest BCUT2D eigenvalue weighted by Crippen LogP contribution is -2.58. The van der Waals surface area contributed by atoms with Crippen LogP contribution in [0.5, 0.6) is 0 Å². The van der Waals surface area contributed by atoms with Gasteiger partial charge in [-0.1, -0.05) is 19.1 Å². The molecule has 1 aromatic rings. The van der Waals surface area contributed by atoms with E-state index in [0.717, 1.165) is 37.3 Å². The fourth-order valence-electron chi connectivity index (χ4n) is 2.32. The molecule has 0 spiro atoms. The lowest BCUT2D eigenvalue weighted by atomic mass is 10.1. The van der Waals surface area contributed by atoms with Crippen molar-refractivity contribution in [2.45, 2.75) is 26.3 Å². The number of anilines is 1. The van der Waals surface area contributed by atoms with Crippen LogP contribution >= 0.6 is 0 Å². The molecule has 104 valence electrons. The van der Waals surface area contributed by atoms with Crippen molar-refractivity contribution in [2.24, 2.45) is 0 Å². The molecular formula is C15H23N3O. The van der Waals surface area contributed by atoms with Crippen molar-refractivity contribution >= 4 is 11.6 Å². The number of nitrogens with zero attached hydrogens (tertiary/aromatic N) is 1.